The number of esters is 1. The van der Waals surface area contributed by atoms with Crippen molar-refractivity contribution in [2.24, 2.45) is 0 Å². The fourth-order valence-electron chi connectivity index (χ4n) is 1.61. The Morgan fingerprint density at radius 1 is 1.42 bits per heavy atom. The van der Waals surface area contributed by atoms with Crippen LogP contribution in [0.25, 0.3) is 0 Å². The normalized spacial score (nSPS) is 17.8. The van der Waals surface area contributed by atoms with Crippen molar-refractivity contribution in [1.29, 1.82) is 0 Å². The molecule has 68 valence electrons. The Kier molecular flexibility index (Phi) is 3.32. The molecule has 0 unspecified atom stereocenters. The van der Waals surface area contributed by atoms with E-state index in [-0.39, 0.29) is 5.97 Å². The van der Waals surface area contributed by atoms with E-state index in [4.69, 9.17) is 4.74 Å². The van der Waals surface area contributed by atoms with Gasteiger partial charge in [0.25, 0.3) is 0 Å². The number of hydrogen-bond acceptors (Lipinski definition) is 2. The van der Waals surface area contributed by atoms with Crippen molar-refractivity contribution < 1.29 is 9.53 Å². The molecule has 0 aromatic rings. The van der Waals surface area contributed by atoms with E-state index >= 15 is 0 Å². The highest BCUT2D eigenvalue weighted by atomic mass is 16.5. The molecule has 0 fully saturated rings. The molecule has 0 aromatic carbocycles. The lowest BCUT2D eigenvalue weighted by Crippen LogP contribution is -2.06. The maximum atomic E-state index is 10.7. The van der Waals surface area contributed by atoms with E-state index in [1.807, 2.05) is 0 Å². The van der Waals surface area contributed by atoms with E-state index in [0.717, 1.165) is 31.4 Å². The highest BCUT2D eigenvalue weighted by molar-refractivity contribution is 5.67. The molecule has 0 atom stereocenters. The highest BCUT2D eigenvalue weighted by Crippen LogP contribution is 2.27. The fraction of sp³-hybridized carbons (Fsp3) is 0.700. The Labute approximate surface area is 73.6 Å². The largest absolute Gasteiger partial charge is 0.431 e. The summed E-state index contributed by atoms with van der Waals surface area (Å²) < 4.78 is 5.14. The summed E-state index contributed by atoms with van der Waals surface area (Å²) >= 11 is 0. The summed E-state index contributed by atoms with van der Waals surface area (Å²) in [5.41, 5.74) is 1.33. The van der Waals surface area contributed by atoms with Crippen LogP contribution in [0.1, 0.15) is 46.0 Å². The minimum atomic E-state index is -0.183. The summed E-state index contributed by atoms with van der Waals surface area (Å²) in [7, 11) is 0. The topological polar surface area (TPSA) is 26.3 Å². The maximum Gasteiger partial charge on any atom is 0.307 e. The zero-order valence-corrected chi connectivity index (χ0v) is 7.85. The molecule has 0 N–H and O–H groups in total. The number of rotatable bonds is 2. The van der Waals surface area contributed by atoms with Gasteiger partial charge in [0.05, 0.1) is 0 Å². The van der Waals surface area contributed by atoms with Gasteiger partial charge in [-0.25, -0.2) is 0 Å². The lowest BCUT2D eigenvalue weighted by Gasteiger charge is -2.17. The average Bonchev–Trinajstić information content (AvgIpc) is 2.04. The van der Waals surface area contributed by atoms with E-state index in [9.17, 15) is 4.79 Å². The third kappa shape index (κ3) is 2.36. The molecule has 1 rings (SSSR count). The second-order valence-electron chi connectivity index (χ2n) is 3.18. The fourth-order valence-corrected chi connectivity index (χ4v) is 1.61. The molecular weight excluding hydrogens is 152 g/mol. The van der Waals surface area contributed by atoms with Crippen LogP contribution >= 0.6 is 0 Å². The van der Waals surface area contributed by atoms with Gasteiger partial charge in [-0.2, -0.15) is 0 Å². The van der Waals surface area contributed by atoms with E-state index < -0.39 is 0 Å². The van der Waals surface area contributed by atoms with Crippen molar-refractivity contribution in [1.82, 2.24) is 0 Å². The van der Waals surface area contributed by atoms with Gasteiger partial charge in [0.1, 0.15) is 5.76 Å². The van der Waals surface area contributed by atoms with Crippen LogP contribution in [0, 0.1) is 0 Å². The number of allylic oxidation sites excluding steroid dienone is 2. The van der Waals surface area contributed by atoms with Crippen molar-refractivity contribution in [2.75, 3.05) is 0 Å². The van der Waals surface area contributed by atoms with Gasteiger partial charge in [0, 0.05) is 13.3 Å². The zero-order valence-electron chi connectivity index (χ0n) is 7.85. The summed E-state index contributed by atoms with van der Waals surface area (Å²) in [6.07, 6.45) is 5.48. The first-order valence-electron chi connectivity index (χ1n) is 4.63. The van der Waals surface area contributed by atoms with Gasteiger partial charge < -0.3 is 4.74 Å². The first kappa shape index (κ1) is 9.30. The van der Waals surface area contributed by atoms with Gasteiger partial charge in [0.15, 0.2) is 0 Å². The average molecular weight is 168 g/mol. The molecule has 12 heavy (non-hydrogen) atoms. The van der Waals surface area contributed by atoms with Crippen LogP contribution in [0.2, 0.25) is 0 Å². The number of hydrogen-bond donors (Lipinski definition) is 0. The monoisotopic (exact) mass is 168 g/mol. The Morgan fingerprint density at radius 3 is 2.67 bits per heavy atom. The standard InChI is InChI=1S/C10H16O2/c1-3-9-6-4-5-7-10(9)12-8(2)11/h3-7H2,1-2H3. The summed E-state index contributed by atoms with van der Waals surface area (Å²) in [5, 5.41) is 0. The van der Waals surface area contributed by atoms with Crippen LogP contribution < -0.4 is 0 Å². The van der Waals surface area contributed by atoms with Gasteiger partial charge in [0.2, 0.25) is 0 Å². The maximum absolute atomic E-state index is 10.7. The first-order chi connectivity index (χ1) is 5.74. The Morgan fingerprint density at radius 2 is 2.08 bits per heavy atom. The Balaban J connectivity index is 2.66. The summed E-state index contributed by atoms with van der Waals surface area (Å²) in [6, 6.07) is 0. The van der Waals surface area contributed by atoms with Gasteiger partial charge >= 0.3 is 5.97 Å². The molecule has 0 aliphatic heterocycles. The van der Waals surface area contributed by atoms with Crippen molar-refractivity contribution in [3.05, 3.63) is 11.3 Å². The van der Waals surface area contributed by atoms with E-state index in [1.165, 1.54) is 18.9 Å². The Bertz CT molecular complexity index is 204. The second-order valence-corrected chi connectivity index (χ2v) is 3.18. The molecule has 0 heterocycles. The molecule has 2 nitrogen and oxygen atoms in total. The molecule has 0 saturated carbocycles. The predicted octanol–water partition coefficient (Wildman–Crippen LogP) is 2.79. The molecule has 0 spiro atoms. The van der Waals surface area contributed by atoms with Crippen molar-refractivity contribution in [2.45, 2.75) is 46.0 Å². The highest BCUT2D eigenvalue weighted by Gasteiger charge is 2.13. The third-order valence-electron chi connectivity index (χ3n) is 2.22. The molecule has 2 heteroatoms. The Hall–Kier alpha value is -0.790. The molecule has 0 bridgehead atoms. The zero-order chi connectivity index (χ0) is 8.97. The predicted molar refractivity (Wildman–Crippen MR) is 47.6 cm³/mol. The molecule has 0 amide bonds. The van der Waals surface area contributed by atoms with E-state index in [1.54, 1.807) is 0 Å². The van der Waals surface area contributed by atoms with Crippen LogP contribution in [0.4, 0.5) is 0 Å². The van der Waals surface area contributed by atoms with Crippen molar-refractivity contribution in [3.8, 4) is 0 Å². The molecule has 1 aliphatic rings. The number of carbonyl (C=O) groups is 1. The third-order valence-corrected chi connectivity index (χ3v) is 2.22. The van der Waals surface area contributed by atoms with Crippen LogP contribution in [0.15, 0.2) is 11.3 Å². The number of ether oxygens (including phenoxy) is 1. The quantitative estimate of drug-likeness (QED) is 0.592. The summed E-state index contributed by atoms with van der Waals surface area (Å²) in [4.78, 5) is 10.7. The van der Waals surface area contributed by atoms with Crippen molar-refractivity contribution >= 4 is 5.97 Å². The van der Waals surface area contributed by atoms with Gasteiger partial charge in [-0.05, 0) is 31.3 Å². The van der Waals surface area contributed by atoms with E-state index in [0.29, 0.717) is 0 Å². The molecule has 0 aromatic heterocycles. The number of carbonyl (C=O) groups excluding carboxylic acids is 1. The van der Waals surface area contributed by atoms with Gasteiger partial charge in [-0.1, -0.05) is 6.92 Å². The SMILES string of the molecule is CCC1=C(OC(C)=O)CCCC1. The molecule has 0 radical (unpaired) electrons. The lowest BCUT2D eigenvalue weighted by molar-refractivity contribution is -0.137. The van der Waals surface area contributed by atoms with E-state index in [2.05, 4.69) is 6.92 Å². The van der Waals surface area contributed by atoms with Crippen LogP contribution in [0.5, 0.6) is 0 Å². The lowest BCUT2D eigenvalue weighted by atomic mass is 9.96. The summed E-state index contributed by atoms with van der Waals surface area (Å²) in [5.74, 6) is 0.758. The van der Waals surface area contributed by atoms with Gasteiger partial charge in [-0.15, -0.1) is 0 Å². The van der Waals surface area contributed by atoms with Crippen LogP contribution in [-0.4, -0.2) is 5.97 Å². The van der Waals surface area contributed by atoms with Crippen LogP contribution in [-0.2, 0) is 9.53 Å². The van der Waals surface area contributed by atoms with Gasteiger partial charge in [-0.3, -0.25) is 4.79 Å². The molecule has 0 saturated heterocycles. The summed E-state index contributed by atoms with van der Waals surface area (Å²) in [6.45, 7) is 3.58. The minimum Gasteiger partial charge on any atom is -0.431 e. The smallest absolute Gasteiger partial charge is 0.307 e. The molecular formula is C10H16O2. The minimum absolute atomic E-state index is 0.183. The van der Waals surface area contributed by atoms with Crippen molar-refractivity contribution in [3.63, 3.8) is 0 Å². The second kappa shape index (κ2) is 4.29. The molecule has 1 aliphatic carbocycles. The first-order valence-corrected chi connectivity index (χ1v) is 4.63. The van der Waals surface area contributed by atoms with Crippen LogP contribution in [0.3, 0.4) is 0 Å².